The van der Waals surface area contributed by atoms with Crippen LogP contribution in [0.15, 0.2) is 47.4 Å². The van der Waals surface area contributed by atoms with Crippen molar-refractivity contribution in [2.45, 2.75) is 6.42 Å². The summed E-state index contributed by atoms with van der Waals surface area (Å²) in [6, 6.07) is 12.4. The number of methoxy groups -OCH3 is 3. The summed E-state index contributed by atoms with van der Waals surface area (Å²) in [5.41, 5.74) is 1.55. The quantitative estimate of drug-likeness (QED) is 0.580. The third-order valence-electron chi connectivity index (χ3n) is 4.76. The summed E-state index contributed by atoms with van der Waals surface area (Å²) in [6.45, 7) is 0.266. The van der Waals surface area contributed by atoms with Crippen LogP contribution in [0.1, 0.15) is 11.1 Å². The molecule has 0 unspecified atom stereocenters. The summed E-state index contributed by atoms with van der Waals surface area (Å²) in [5, 5.41) is 2.39. The number of carbonyl (C=O) groups excluding carboxylic acids is 3. The normalized spacial score (nSPS) is 14.6. The van der Waals surface area contributed by atoms with Gasteiger partial charge in [-0.3, -0.25) is 19.3 Å². The van der Waals surface area contributed by atoms with Crippen molar-refractivity contribution in [1.82, 2.24) is 10.2 Å². The summed E-state index contributed by atoms with van der Waals surface area (Å²) in [6.07, 6.45) is 1.81. The lowest BCUT2D eigenvalue weighted by molar-refractivity contribution is -0.124. The van der Waals surface area contributed by atoms with Gasteiger partial charge in [0.05, 0.1) is 32.7 Å². The van der Waals surface area contributed by atoms with Crippen LogP contribution in [0.2, 0.25) is 0 Å². The van der Waals surface area contributed by atoms with Crippen LogP contribution in [0.5, 0.6) is 17.2 Å². The third-order valence-corrected chi connectivity index (χ3v) is 5.66. The molecule has 0 saturated carbocycles. The zero-order valence-electron chi connectivity index (χ0n) is 18.0. The Morgan fingerprint density at radius 1 is 1.00 bits per heavy atom. The number of hydrogen-bond acceptors (Lipinski definition) is 7. The van der Waals surface area contributed by atoms with Crippen molar-refractivity contribution >= 4 is 34.9 Å². The second-order valence-corrected chi connectivity index (χ2v) is 7.82. The summed E-state index contributed by atoms with van der Waals surface area (Å²) in [7, 11) is 4.65. The van der Waals surface area contributed by atoms with E-state index in [0.29, 0.717) is 22.2 Å². The molecule has 1 saturated heterocycles. The van der Waals surface area contributed by atoms with Gasteiger partial charge in [0.2, 0.25) is 5.91 Å². The second-order valence-electron chi connectivity index (χ2n) is 6.82. The van der Waals surface area contributed by atoms with Gasteiger partial charge in [0.1, 0.15) is 5.75 Å². The number of amides is 3. The predicted molar refractivity (Wildman–Crippen MR) is 122 cm³/mol. The number of hydrogen-bond donors (Lipinski definition) is 1. The molecule has 0 bridgehead atoms. The zero-order valence-corrected chi connectivity index (χ0v) is 18.9. The molecule has 1 heterocycles. The molecular weight excluding hydrogens is 432 g/mol. The number of carbonyl (C=O) groups is 3. The highest BCUT2D eigenvalue weighted by Crippen LogP contribution is 2.32. The molecule has 3 amide bonds. The van der Waals surface area contributed by atoms with Gasteiger partial charge in [0.15, 0.2) is 11.5 Å². The van der Waals surface area contributed by atoms with Gasteiger partial charge in [-0.15, -0.1) is 0 Å². The minimum atomic E-state index is -0.370. The maximum Gasteiger partial charge on any atom is 0.293 e. The molecule has 0 radical (unpaired) electrons. The van der Waals surface area contributed by atoms with E-state index in [1.807, 2.05) is 0 Å². The Labute approximate surface area is 190 Å². The Balaban J connectivity index is 1.53. The van der Waals surface area contributed by atoms with Crippen molar-refractivity contribution in [3.05, 3.63) is 58.5 Å². The number of ether oxygens (including phenoxy) is 3. The number of rotatable bonds is 9. The molecule has 0 atom stereocenters. The minimum absolute atomic E-state index is 0.0995. The maximum atomic E-state index is 12.6. The van der Waals surface area contributed by atoms with Crippen LogP contribution in [0, 0.1) is 0 Å². The van der Waals surface area contributed by atoms with Gasteiger partial charge in [-0.25, -0.2) is 0 Å². The first-order chi connectivity index (χ1) is 15.4. The molecule has 0 aromatic heterocycles. The molecule has 2 aromatic carbocycles. The molecule has 1 N–H and O–H groups in total. The number of imide groups is 1. The van der Waals surface area contributed by atoms with Gasteiger partial charge in [0.25, 0.3) is 11.1 Å². The average molecular weight is 457 g/mol. The molecule has 0 aliphatic carbocycles. The standard InChI is InChI=1S/C23H24N2O6S/c1-29-17-7-4-15(5-8-17)13-20-22(27)25(23(28)32-20)11-10-24-21(26)14-16-6-9-18(30-2)19(12-16)31-3/h4-9,12-13H,10-11,14H2,1-3H3,(H,24,26). The van der Waals surface area contributed by atoms with Gasteiger partial charge in [0, 0.05) is 13.1 Å². The van der Waals surface area contributed by atoms with E-state index < -0.39 is 0 Å². The number of nitrogens with zero attached hydrogens (tertiary/aromatic N) is 1. The van der Waals surface area contributed by atoms with Crippen LogP contribution in [0.4, 0.5) is 4.79 Å². The van der Waals surface area contributed by atoms with Crippen LogP contribution >= 0.6 is 11.8 Å². The zero-order chi connectivity index (χ0) is 23.1. The fourth-order valence-electron chi connectivity index (χ4n) is 3.09. The number of thioether (sulfide) groups is 1. The van der Waals surface area contributed by atoms with Crippen molar-refractivity contribution in [2.75, 3.05) is 34.4 Å². The minimum Gasteiger partial charge on any atom is -0.497 e. The highest BCUT2D eigenvalue weighted by atomic mass is 32.2. The van der Waals surface area contributed by atoms with Crippen LogP contribution in [0.3, 0.4) is 0 Å². The molecule has 0 spiro atoms. The van der Waals surface area contributed by atoms with E-state index in [2.05, 4.69) is 5.32 Å². The lowest BCUT2D eigenvalue weighted by atomic mass is 10.1. The maximum absolute atomic E-state index is 12.6. The lowest BCUT2D eigenvalue weighted by Crippen LogP contribution is -2.37. The van der Waals surface area contributed by atoms with Crippen molar-refractivity contribution in [3.63, 3.8) is 0 Å². The number of nitrogens with one attached hydrogen (secondary N) is 1. The molecular formula is C23H24N2O6S. The van der Waals surface area contributed by atoms with Crippen molar-refractivity contribution in [1.29, 1.82) is 0 Å². The summed E-state index contributed by atoms with van der Waals surface area (Å²) >= 11 is 0.884. The molecule has 9 heteroatoms. The van der Waals surface area contributed by atoms with Crippen LogP contribution in [-0.4, -0.2) is 56.4 Å². The Kier molecular flexibility index (Phi) is 7.77. The van der Waals surface area contributed by atoms with E-state index in [1.54, 1.807) is 62.8 Å². The van der Waals surface area contributed by atoms with E-state index in [4.69, 9.17) is 14.2 Å². The highest BCUT2D eigenvalue weighted by Gasteiger charge is 2.34. The predicted octanol–water partition coefficient (Wildman–Crippen LogP) is 3.11. The molecule has 32 heavy (non-hydrogen) atoms. The van der Waals surface area contributed by atoms with Crippen LogP contribution in [-0.2, 0) is 16.0 Å². The lowest BCUT2D eigenvalue weighted by Gasteiger charge is -2.13. The Morgan fingerprint density at radius 3 is 2.38 bits per heavy atom. The fraction of sp³-hybridized carbons (Fsp3) is 0.261. The first-order valence-electron chi connectivity index (χ1n) is 9.82. The SMILES string of the molecule is COc1ccc(C=C2SC(=O)N(CCNC(=O)Cc3ccc(OC)c(OC)c3)C2=O)cc1. The molecule has 3 rings (SSSR count). The average Bonchev–Trinajstić information content (AvgIpc) is 3.06. The third kappa shape index (κ3) is 5.61. The van der Waals surface area contributed by atoms with Crippen molar-refractivity contribution < 1.29 is 28.6 Å². The van der Waals surface area contributed by atoms with E-state index >= 15 is 0 Å². The van der Waals surface area contributed by atoms with E-state index in [0.717, 1.165) is 27.8 Å². The van der Waals surface area contributed by atoms with E-state index in [1.165, 1.54) is 7.11 Å². The topological polar surface area (TPSA) is 94.2 Å². The molecule has 2 aromatic rings. The largest absolute Gasteiger partial charge is 0.497 e. The van der Waals surface area contributed by atoms with Crippen LogP contribution < -0.4 is 19.5 Å². The van der Waals surface area contributed by atoms with Gasteiger partial charge in [-0.2, -0.15) is 0 Å². The smallest absolute Gasteiger partial charge is 0.293 e. The Morgan fingerprint density at radius 2 is 1.72 bits per heavy atom. The van der Waals surface area contributed by atoms with E-state index in [9.17, 15) is 14.4 Å². The summed E-state index contributed by atoms with van der Waals surface area (Å²) in [4.78, 5) is 38.6. The molecule has 1 aliphatic heterocycles. The fourth-order valence-corrected chi connectivity index (χ4v) is 3.95. The molecule has 168 valence electrons. The van der Waals surface area contributed by atoms with Crippen molar-refractivity contribution in [3.8, 4) is 17.2 Å². The van der Waals surface area contributed by atoms with Gasteiger partial charge in [-0.05, 0) is 53.2 Å². The molecule has 1 aliphatic rings. The van der Waals surface area contributed by atoms with Gasteiger partial charge >= 0.3 is 0 Å². The Bertz CT molecular complexity index is 1040. The first kappa shape index (κ1) is 23.2. The monoisotopic (exact) mass is 456 g/mol. The summed E-state index contributed by atoms with van der Waals surface area (Å²) < 4.78 is 15.5. The number of benzene rings is 2. The van der Waals surface area contributed by atoms with E-state index in [-0.39, 0.29) is 36.6 Å². The first-order valence-corrected chi connectivity index (χ1v) is 10.6. The van der Waals surface area contributed by atoms with Gasteiger partial charge in [-0.1, -0.05) is 18.2 Å². The highest BCUT2D eigenvalue weighted by molar-refractivity contribution is 8.18. The van der Waals surface area contributed by atoms with Crippen molar-refractivity contribution in [2.24, 2.45) is 0 Å². The molecule has 1 fully saturated rings. The molecule has 8 nitrogen and oxygen atoms in total. The summed E-state index contributed by atoms with van der Waals surface area (Å²) in [5.74, 6) is 1.24. The van der Waals surface area contributed by atoms with Gasteiger partial charge < -0.3 is 19.5 Å². The Hall–Kier alpha value is -3.46. The van der Waals surface area contributed by atoms with Crippen LogP contribution in [0.25, 0.3) is 6.08 Å². The second kappa shape index (κ2) is 10.7.